The van der Waals surface area contributed by atoms with Crippen molar-refractivity contribution >= 4 is 34.2 Å². The number of ether oxygens (including phenoxy) is 1. The number of rotatable bonds is 3. The van der Waals surface area contributed by atoms with Crippen molar-refractivity contribution in [1.82, 2.24) is 24.9 Å². The number of para-hydroxylation sites is 1. The lowest BCUT2D eigenvalue weighted by atomic mass is 10.2. The van der Waals surface area contributed by atoms with E-state index in [-0.39, 0.29) is 5.91 Å². The molecule has 1 N–H and O–H groups in total. The van der Waals surface area contributed by atoms with Crippen LogP contribution in [0.25, 0.3) is 16.6 Å². The molecule has 1 unspecified atom stereocenters. The molecule has 8 heteroatoms. The third-order valence-electron chi connectivity index (χ3n) is 3.63. The molecular weight excluding hydrogens is 314 g/mol. The van der Waals surface area contributed by atoms with Crippen LogP contribution < -0.4 is 5.32 Å². The van der Waals surface area contributed by atoms with Crippen molar-refractivity contribution in [3.8, 4) is 0 Å². The maximum absolute atomic E-state index is 11.8. The quantitative estimate of drug-likeness (QED) is 0.574. The standard InChI is InChI=1S/C15H15N5O2S/c1-9-17-13-10-4-2-3-5-11(10)18-15(20(13)19-9)23-8-12-14(21)16-6-7-22-12/h2-5,12H,6-8H2,1H3,(H,16,21). The van der Waals surface area contributed by atoms with E-state index in [4.69, 9.17) is 4.74 Å². The summed E-state index contributed by atoms with van der Waals surface area (Å²) in [5.41, 5.74) is 1.65. The van der Waals surface area contributed by atoms with Gasteiger partial charge < -0.3 is 10.1 Å². The number of hydrogen-bond donors (Lipinski definition) is 1. The van der Waals surface area contributed by atoms with Crippen LogP contribution in [-0.2, 0) is 9.53 Å². The fourth-order valence-corrected chi connectivity index (χ4v) is 3.53. The highest BCUT2D eigenvalue weighted by Crippen LogP contribution is 2.24. The van der Waals surface area contributed by atoms with Crippen LogP contribution >= 0.6 is 11.8 Å². The number of nitrogens with zero attached hydrogens (tertiary/aromatic N) is 4. The number of thioether (sulfide) groups is 1. The van der Waals surface area contributed by atoms with Crippen molar-refractivity contribution in [2.75, 3.05) is 18.9 Å². The minimum absolute atomic E-state index is 0.0736. The summed E-state index contributed by atoms with van der Waals surface area (Å²) in [5, 5.41) is 8.91. The van der Waals surface area contributed by atoms with Crippen molar-refractivity contribution in [2.24, 2.45) is 0 Å². The number of fused-ring (bicyclic) bond motifs is 3. The Morgan fingerprint density at radius 2 is 2.26 bits per heavy atom. The molecule has 0 aliphatic carbocycles. The highest BCUT2D eigenvalue weighted by atomic mass is 32.2. The van der Waals surface area contributed by atoms with Gasteiger partial charge in [-0.05, 0) is 19.1 Å². The number of amides is 1. The van der Waals surface area contributed by atoms with E-state index < -0.39 is 6.10 Å². The highest BCUT2D eigenvalue weighted by molar-refractivity contribution is 7.99. The molecular formula is C15H15N5O2S. The zero-order valence-corrected chi connectivity index (χ0v) is 13.3. The number of aryl methyl sites for hydroxylation is 1. The zero-order chi connectivity index (χ0) is 15.8. The molecule has 1 amide bonds. The van der Waals surface area contributed by atoms with E-state index in [2.05, 4.69) is 20.4 Å². The van der Waals surface area contributed by atoms with Crippen LogP contribution in [0, 0.1) is 6.92 Å². The lowest BCUT2D eigenvalue weighted by Crippen LogP contribution is -2.45. The number of nitrogens with one attached hydrogen (secondary N) is 1. The van der Waals surface area contributed by atoms with Gasteiger partial charge in [-0.15, -0.1) is 5.10 Å². The molecule has 0 spiro atoms. The van der Waals surface area contributed by atoms with E-state index >= 15 is 0 Å². The summed E-state index contributed by atoms with van der Waals surface area (Å²) >= 11 is 1.45. The molecule has 1 aromatic carbocycles. The van der Waals surface area contributed by atoms with Gasteiger partial charge in [-0.2, -0.15) is 4.52 Å². The van der Waals surface area contributed by atoms with Crippen molar-refractivity contribution in [3.63, 3.8) is 0 Å². The van der Waals surface area contributed by atoms with Crippen molar-refractivity contribution in [2.45, 2.75) is 18.2 Å². The maximum Gasteiger partial charge on any atom is 0.250 e. The Morgan fingerprint density at radius 3 is 3.13 bits per heavy atom. The summed E-state index contributed by atoms with van der Waals surface area (Å²) in [5.74, 6) is 1.11. The van der Waals surface area contributed by atoms with Gasteiger partial charge in [-0.3, -0.25) is 4.79 Å². The normalized spacial score (nSPS) is 18.5. The van der Waals surface area contributed by atoms with E-state index in [1.165, 1.54) is 11.8 Å². The number of carbonyl (C=O) groups excluding carboxylic acids is 1. The van der Waals surface area contributed by atoms with Gasteiger partial charge in [0.05, 0.1) is 12.1 Å². The van der Waals surface area contributed by atoms with Gasteiger partial charge >= 0.3 is 0 Å². The molecule has 0 saturated carbocycles. The fourth-order valence-electron chi connectivity index (χ4n) is 2.57. The first-order valence-electron chi connectivity index (χ1n) is 7.36. The first kappa shape index (κ1) is 14.4. The SMILES string of the molecule is Cc1nc2c3ccccc3nc(SCC3OCCNC3=O)n2n1. The third kappa shape index (κ3) is 2.64. The summed E-state index contributed by atoms with van der Waals surface area (Å²) < 4.78 is 7.25. The molecule has 118 valence electrons. The summed E-state index contributed by atoms with van der Waals surface area (Å²) in [4.78, 5) is 21.0. The van der Waals surface area contributed by atoms with Crippen LogP contribution in [0.3, 0.4) is 0 Å². The molecule has 1 aliphatic rings. The topological polar surface area (TPSA) is 81.4 Å². The first-order chi connectivity index (χ1) is 11.2. The van der Waals surface area contributed by atoms with Gasteiger partial charge in [0.25, 0.3) is 0 Å². The minimum atomic E-state index is -0.457. The van der Waals surface area contributed by atoms with Crippen LogP contribution in [-0.4, -0.2) is 50.5 Å². The predicted molar refractivity (Wildman–Crippen MR) is 86.5 cm³/mol. The number of carbonyl (C=O) groups is 1. The Bertz CT molecular complexity index is 894. The van der Waals surface area contributed by atoms with Gasteiger partial charge in [-0.1, -0.05) is 23.9 Å². The fraction of sp³-hybridized carbons (Fsp3) is 0.333. The predicted octanol–water partition coefficient (Wildman–Crippen LogP) is 1.19. The Balaban J connectivity index is 1.71. The summed E-state index contributed by atoms with van der Waals surface area (Å²) in [6.07, 6.45) is -0.457. The largest absolute Gasteiger partial charge is 0.366 e. The molecule has 1 saturated heterocycles. The molecule has 3 aromatic rings. The van der Waals surface area contributed by atoms with Crippen LogP contribution in [0.1, 0.15) is 5.82 Å². The third-order valence-corrected chi connectivity index (χ3v) is 4.62. The Morgan fingerprint density at radius 1 is 1.39 bits per heavy atom. The van der Waals surface area contributed by atoms with Crippen LogP contribution in [0.2, 0.25) is 0 Å². The van der Waals surface area contributed by atoms with Gasteiger partial charge in [0.15, 0.2) is 10.8 Å². The van der Waals surface area contributed by atoms with Crippen molar-refractivity contribution in [3.05, 3.63) is 30.1 Å². The average Bonchev–Trinajstić information content (AvgIpc) is 2.96. The Labute approximate surface area is 136 Å². The molecule has 7 nitrogen and oxygen atoms in total. The van der Waals surface area contributed by atoms with E-state index in [1.54, 1.807) is 4.52 Å². The van der Waals surface area contributed by atoms with Crippen molar-refractivity contribution < 1.29 is 9.53 Å². The Kier molecular flexibility index (Phi) is 3.62. The summed E-state index contributed by atoms with van der Waals surface area (Å²) in [6, 6.07) is 7.84. The van der Waals surface area contributed by atoms with E-state index in [1.807, 2.05) is 31.2 Å². The number of benzene rings is 1. The second kappa shape index (κ2) is 5.78. The van der Waals surface area contributed by atoms with Crippen LogP contribution in [0.5, 0.6) is 0 Å². The number of morpholine rings is 1. The molecule has 1 aliphatic heterocycles. The van der Waals surface area contributed by atoms with Gasteiger partial charge in [0.2, 0.25) is 5.91 Å². The molecule has 1 fully saturated rings. The number of hydrogen-bond acceptors (Lipinski definition) is 6. The van der Waals surface area contributed by atoms with Gasteiger partial charge in [-0.25, -0.2) is 9.97 Å². The molecule has 23 heavy (non-hydrogen) atoms. The minimum Gasteiger partial charge on any atom is -0.366 e. The lowest BCUT2D eigenvalue weighted by molar-refractivity contribution is -0.135. The van der Waals surface area contributed by atoms with E-state index in [0.717, 1.165) is 16.6 Å². The van der Waals surface area contributed by atoms with Gasteiger partial charge in [0.1, 0.15) is 11.9 Å². The molecule has 0 radical (unpaired) electrons. The number of aromatic nitrogens is 4. The molecule has 0 bridgehead atoms. The maximum atomic E-state index is 11.8. The monoisotopic (exact) mass is 329 g/mol. The lowest BCUT2D eigenvalue weighted by Gasteiger charge is -2.22. The Hall–Kier alpha value is -2.19. The highest BCUT2D eigenvalue weighted by Gasteiger charge is 2.24. The second-order valence-corrected chi connectivity index (χ2v) is 6.25. The molecule has 4 rings (SSSR count). The summed E-state index contributed by atoms with van der Waals surface area (Å²) in [6.45, 7) is 2.97. The van der Waals surface area contributed by atoms with Crippen LogP contribution in [0.4, 0.5) is 0 Å². The van der Waals surface area contributed by atoms with E-state index in [0.29, 0.717) is 29.9 Å². The second-order valence-electron chi connectivity index (χ2n) is 5.27. The van der Waals surface area contributed by atoms with Crippen LogP contribution in [0.15, 0.2) is 29.4 Å². The summed E-state index contributed by atoms with van der Waals surface area (Å²) in [7, 11) is 0. The first-order valence-corrected chi connectivity index (χ1v) is 8.35. The molecule has 3 heterocycles. The zero-order valence-electron chi connectivity index (χ0n) is 12.5. The smallest absolute Gasteiger partial charge is 0.250 e. The molecule has 2 aromatic heterocycles. The van der Waals surface area contributed by atoms with Gasteiger partial charge in [0, 0.05) is 17.7 Å². The van der Waals surface area contributed by atoms with E-state index in [9.17, 15) is 4.79 Å². The average molecular weight is 329 g/mol. The molecule has 1 atom stereocenters. The van der Waals surface area contributed by atoms with Crippen molar-refractivity contribution in [1.29, 1.82) is 0 Å².